The third-order valence-corrected chi connectivity index (χ3v) is 2.08. The molecule has 2 heteroatoms. The second kappa shape index (κ2) is 4.15. The highest BCUT2D eigenvalue weighted by atomic mass is 16.5. The molecule has 60 valence electrons. The summed E-state index contributed by atoms with van der Waals surface area (Å²) in [6, 6.07) is 2.18. The van der Waals surface area contributed by atoms with Gasteiger partial charge < -0.3 is 4.74 Å². The molecule has 0 bridgehead atoms. The van der Waals surface area contributed by atoms with E-state index >= 15 is 0 Å². The van der Waals surface area contributed by atoms with E-state index in [2.05, 4.69) is 18.2 Å². The van der Waals surface area contributed by atoms with Gasteiger partial charge in [0.1, 0.15) is 0 Å². The second-order valence-electron chi connectivity index (χ2n) is 2.86. The van der Waals surface area contributed by atoms with Crippen molar-refractivity contribution in [2.75, 3.05) is 7.11 Å². The van der Waals surface area contributed by atoms with Crippen LogP contribution >= 0.6 is 0 Å². The lowest BCUT2D eigenvalue weighted by Gasteiger charge is -2.19. The third kappa shape index (κ3) is 2.36. The van der Waals surface area contributed by atoms with Gasteiger partial charge in [-0.05, 0) is 18.8 Å². The van der Waals surface area contributed by atoms with E-state index in [9.17, 15) is 0 Å². The van der Waals surface area contributed by atoms with Gasteiger partial charge in [-0.15, -0.1) is 0 Å². The Morgan fingerprint density at radius 2 is 2.36 bits per heavy atom. The Kier molecular flexibility index (Phi) is 3.13. The number of methoxy groups -OCH3 is 1. The van der Waals surface area contributed by atoms with E-state index in [0.717, 1.165) is 12.8 Å². The Hall–Kier alpha value is -0.810. The van der Waals surface area contributed by atoms with Gasteiger partial charge in [0.25, 0.3) is 0 Å². The summed E-state index contributed by atoms with van der Waals surface area (Å²) in [5.41, 5.74) is 0. The van der Waals surface area contributed by atoms with Crippen molar-refractivity contribution in [1.29, 1.82) is 5.26 Å². The van der Waals surface area contributed by atoms with Gasteiger partial charge in [0.15, 0.2) is 0 Å². The molecule has 0 amide bonds. The van der Waals surface area contributed by atoms with Crippen molar-refractivity contribution in [3.05, 3.63) is 12.2 Å². The molecule has 2 atom stereocenters. The normalized spacial score (nSPS) is 29.8. The number of rotatable bonds is 2. The van der Waals surface area contributed by atoms with Crippen LogP contribution in [0.1, 0.15) is 19.3 Å². The highest BCUT2D eigenvalue weighted by Crippen LogP contribution is 2.21. The largest absolute Gasteiger partial charge is 0.377 e. The molecule has 0 fully saturated rings. The molecule has 0 aliphatic heterocycles. The molecule has 0 aromatic carbocycles. The number of nitrogens with zero attached hydrogens (tertiary/aromatic N) is 1. The summed E-state index contributed by atoms with van der Waals surface area (Å²) in [5, 5.41) is 8.43. The number of allylic oxidation sites excluding steroid dienone is 1. The molecule has 1 aliphatic rings. The van der Waals surface area contributed by atoms with Gasteiger partial charge in [0.05, 0.1) is 12.2 Å². The topological polar surface area (TPSA) is 33.0 Å². The zero-order valence-electron chi connectivity index (χ0n) is 6.79. The highest BCUT2D eigenvalue weighted by molar-refractivity contribution is 5.01. The van der Waals surface area contributed by atoms with Gasteiger partial charge in [-0.25, -0.2) is 0 Å². The van der Waals surface area contributed by atoms with Crippen molar-refractivity contribution in [3.8, 4) is 6.07 Å². The van der Waals surface area contributed by atoms with Crippen LogP contribution in [-0.4, -0.2) is 13.2 Å². The van der Waals surface area contributed by atoms with Crippen LogP contribution in [0.25, 0.3) is 0 Å². The van der Waals surface area contributed by atoms with E-state index < -0.39 is 0 Å². The standard InChI is InChI=1S/C9H13NO/c1-11-9-4-2-8(3-5-9)6-7-10/h2,4,8-9H,3,5-6H2,1H3. The summed E-state index contributed by atoms with van der Waals surface area (Å²) in [6.45, 7) is 0. The lowest BCUT2D eigenvalue weighted by atomic mass is 9.92. The fourth-order valence-corrected chi connectivity index (χ4v) is 1.34. The van der Waals surface area contributed by atoms with Gasteiger partial charge in [-0.1, -0.05) is 12.2 Å². The Bertz CT molecular complexity index is 180. The molecule has 0 radical (unpaired) electrons. The SMILES string of the molecule is COC1C=CC(CC#N)CC1. The molecule has 2 nitrogen and oxygen atoms in total. The van der Waals surface area contributed by atoms with E-state index in [1.165, 1.54) is 0 Å². The highest BCUT2D eigenvalue weighted by Gasteiger charge is 2.13. The van der Waals surface area contributed by atoms with Crippen LogP contribution in [0.15, 0.2) is 12.2 Å². The summed E-state index contributed by atoms with van der Waals surface area (Å²) >= 11 is 0. The fourth-order valence-electron chi connectivity index (χ4n) is 1.34. The quantitative estimate of drug-likeness (QED) is 0.564. The average molecular weight is 151 g/mol. The van der Waals surface area contributed by atoms with Gasteiger partial charge in [-0.3, -0.25) is 0 Å². The molecule has 2 unspecified atom stereocenters. The van der Waals surface area contributed by atoms with Gasteiger partial charge in [0, 0.05) is 13.5 Å². The lowest BCUT2D eigenvalue weighted by Crippen LogP contribution is -2.14. The minimum absolute atomic E-state index is 0.282. The van der Waals surface area contributed by atoms with Crippen molar-refractivity contribution >= 4 is 0 Å². The Morgan fingerprint density at radius 1 is 1.55 bits per heavy atom. The zero-order valence-corrected chi connectivity index (χ0v) is 6.79. The Labute approximate surface area is 67.5 Å². The Balaban J connectivity index is 2.37. The maximum absolute atomic E-state index is 8.43. The summed E-state index contributed by atoms with van der Waals surface area (Å²) < 4.78 is 5.15. The van der Waals surface area contributed by atoms with Crippen LogP contribution in [0.5, 0.6) is 0 Å². The smallest absolute Gasteiger partial charge is 0.0752 e. The second-order valence-corrected chi connectivity index (χ2v) is 2.86. The molecule has 11 heavy (non-hydrogen) atoms. The molecule has 0 saturated carbocycles. The van der Waals surface area contributed by atoms with Crippen molar-refractivity contribution in [3.63, 3.8) is 0 Å². The first kappa shape index (κ1) is 8.29. The molecular weight excluding hydrogens is 138 g/mol. The monoisotopic (exact) mass is 151 g/mol. The minimum atomic E-state index is 0.282. The summed E-state index contributed by atoms with van der Waals surface area (Å²) in [7, 11) is 1.72. The fraction of sp³-hybridized carbons (Fsp3) is 0.667. The van der Waals surface area contributed by atoms with Crippen molar-refractivity contribution in [2.24, 2.45) is 5.92 Å². The molecule has 0 N–H and O–H groups in total. The Morgan fingerprint density at radius 3 is 2.82 bits per heavy atom. The number of hydrogen-bond donors (Lipinski definition) is 0. The van der Waals surface area contributed by atoms with Crippen molar-refractivity contribution < 1.29 is 4.74 Å². The summed E-state index contributed by atoms with van der Waals surface area (Å²) in [6.07, 6.45) is 7.23. The maximum Gasteiger partial charge on any atom is 0.0752 e. The first-order valence-corrected chi connectivity index (χ1v) is 3.95. The first-order chi connectivity index (χ1) is 5.36. The molecule has 0 aromatic rings. The lowest BCUT2D eigenvalue weighted by molar-refractivity contribution is 0.123. The molecule has 0 spiro atoms. The van der Waals surface area contributed by atoms with E-state index in [1.807, 2.05) is 0 Å². The van der Waals surface area contributed by atoms with Crippen molar-refractivity contribution in [1.82, 2.24) is 0 Å². The maximum atomic E-state index is 8.43. The van der Waals surface area contributed by atoms with Crippen LogP contribution < -0.4 is 0 Å². The molecule has 1 aliphatic carbocycles. The zero-order chi connectivity index (χ0) is 8.10. The van der Waals surface area contributed by atoms with Crippen LogP contribution in [0.3, 0.4) is 0 Å². The van der Waals surface area contributed by atoms with E-state index in [4.69, 9.17) is 10.00 Å². The number of nitriles is 1. The molecule has 0 heterocycles. The van der Waals surface area contributed by atoms with E-state index in [0.29, 0.717) is 12.3 Å². The molecule has 0 aromatic heterocycles. The van der Waals surface area contributed by atoms with Crippen LogP contribution in [0.2, 0.25) is 0 Å². The molecule has 1 rings (SSSR count). The number of hydrogen-bond acceptors (Lipinski definition) is 2. The summed E-state index contributed by atoms with van der Waals surface area (Å²) in [4.78, 5) is 0. The predicted octanol–water partition coefficient (Wildman–Crippen LogP) is 1.88. The summed E-state index contributed by atoms with van der Waals surface area (Å²) in [5.74, 6) is 0.464. The molecule has 0 saturated heterocycles. The predicted molar refractivity (Wildman–Crippen MR) is 42.9 cm³/mol. The van der Waals surface area contributed by atoms with E-state index in [1.54, 1.807) is 7.11 Å². The minimum Gasteiger partial charge on any atom is -0.377 e. The van der Waals surface area contributed by atoms with Crippen molar-refractivity contribution in [2.45, 2.75) is 25.4 Å². The van der Waals surface area contributed by atoms with Gasteiger partial charge in [0.2, 0.25) is 0 Å². The average Bonchev–Trinajstić information content (AvgIpc) is 2.07. The first-order valence-electron chi connectivity index (χ1n) is 3.95. The number of ether oxygens (including phenoxy) is 1. The molecular formula is C9H13NO. The van der Waals surface area contributed by atoms with Gasteiger partial charge in [-0.2, -0.15) is 5.26 Å². The van der Waals surface area contributed by atoms with Crippen LogP contribution in [0.4, 0.5) is 0 Å². The van der Waals surface area contributed by atoms with Gasteiger partial charge >= 0.3 is 0 Å². The van der Waals surface area contributed by atoms with Crippen LogP contribution in [-0.2, 0) is 4.74 Å². The third-order valence-electron chi connectivity index (χ3n) is 2.08. The van der Waals surface area contributed by atoms with E-state index in [-0.39, 0.29) is 6.10 Å². The van der Waals surface area contributed by atoms with Crippen LogP contribution in [0, 0.1) is 17.2 Å².